The van der Waals surface area contributed by atoms with Crippen LogP contribution in [0, 0.1) is 0 Å². The molecule has 0 aliphatic rings. The van der Waals surface area contributed by atoms with Gasteiger partial charge in [-0.05, 0) is 31.2 Å². The van der Waals surface area contributed by atoms with Crippen LogP contribution in [0.1, 0.15) is 6.92 Å². The zero-order valence-corrected chi connectivity index (χ0v) is 12.1. The average Bonchev–Trinajstić information content (AvgIpc) is 2.73. The Kier molecular flexibility index (Phi) is 4.81. The average molecular weight is 294 g/mol. The van der Waals surface area contributed by atoms with Gasteiger partial charge in [-0.1, -0.05) is 0 Å². The summed E-state index contributed by atoms with van der Waals surface area (Å²) in [4.78, 5) is 0.613. The minimum atomic E-state index is -0.00817. The van der Waals surface area contributed by atoms with Crippen LogP contribution in [0.5, 0.6) is 17.5 Å². The fraction of sp³-hybridized carbons (Fsp3) is 0.286. The molecule has 1 aromatic carbocycles. The molecule has 0 fully saturated rings. The molecule has 0 radical (unpaired) electrons. The molecule has 0 unspecified atom stereocenters. The van der Waals surface area contributed by atoms with Gasteiger partial charge in [0.25, 0.3) is 0 Å². The van der Waals surface area contributed by atoms with Crippen molar-refractivity contribution in [2.45, 2.75) is 11.8 Å². The molecule has 5 nitrogen and oxygen atoms in total. The highest BCUT2D eigenvalue weighted by Crippen LogP contribution is 2.37. The Hall–Kier alpha value is -1.79. The Morgan fingerprint density at radius 3 is 2.55 bits per heavy atom. The van der Waals surface area contributed by atoms with E-state index in [2.05, 4.69) is 0 Å². The zero-order valence-electron chi connectivity index (χ0n) is 11.2. The fourth-order valence-corrected chi connectivity index (χ4v) is 2.60. The molecule has 1 heterocycles. The van der Waals surface area contributed by atoms with Gasteiger partial charge in [0.1, 0.15) is 5.75 Å². The number of aromatic nitrogens is 1. The summed E-state index contributed by atoms with van der Waals surface area (Å²) in [5.41, 5.74) is 6.11. The van der Waals surface area contributed by atoms with Crippen molar-refractivity contribution in [3.05, 3.63) is 30.3 Å². The van der Waals surface area contributed by atoms with E-state index in [1.807, 2.05) is 6.92 Å². The SMILES string of the molecule is CCOc1ccc(-n2c(O)cc(SCCN)c2O)cc1. The number of rotatable bonds is 6. The summed E-state index contributed by atoms with van der Waals surface area (Å²) in [5, 5.41) is 20.1. The molecule has 0 aliphatic heterocycles. The molecule has 2 aromatic rings. The van der Waals surface area contributed by atoms with Gasteiger partial charge in [-0.15, -0.1) is 11.8 Å². The highest BCUT2D eigenvalue weighted by Gasteiger charge is 2.15. The summed E-state index contributed by atoms with van der Waals surface area (Å²) in [7, 11) is 0. The molecule has 108 valence electrons. The lowest BCUT2D eigenvalue weighted by molar-refractivity contribution is 0.340. The third-order valence-corrected chi connectivity index (χ3v) is 3.75. The first kappa shape index (κ1) is 14.6. The second-order valence-corrected chi connectivity index (χ2v) is 5.23. The molecule has 0 aliphatic carbocycles. The van der Waals surface area contributed by atoms with Crippen LogP contribution in [0.25, 0.3) is 5.69 Å². The monoisotopic (exact) mass is 294 g/mol. The lowest BCUT2D eigenvalue weighted by atomic mass is 10.3. The Balaban J connectivity index is 2.29. The minimum absolute atomic E-state index is 0.00817. The normalized spacial score (nSPS) is 10.7. The number of thioether (sulfide) groups is 1. The van der Waals surface area contributed by atoms with E-state index in [0.717, 1.165) is 5.75 Å². The molecule has 0 saturated heterocycles. The van der Waals surface area contributed by atoms with Gasteiger partial charge in [-0.3, -0.25) is 4.57 Å². The summed E-state index contributed by atoms with van der Waals surface area (Å²) in [6, 6.07) is 8.69. The molecule has 0 amide bonds. The van der Waals surface area contributed by atoms with Gasteiger partial charge in [-0.25, -0.2) is 0 Å². The first-order chi connectivity index (χ1) is 9.67. The number of benzene rings is 1. The van der Waals surface area contributed by atoms with E-state index in [1.54, 1.807) is 24.3 Å². The maximum Gasteiger partial charge on any atom is 0.212 e. The van der Waals surface area contributed by atoms with Gasteiger partial charge in [0, 0.05) is 18.4 Å². The van der Waals surface area contributed by atoms with Crippen LogP contribution in [0.4, 0.5) is 0 Å². The zero-order chi connectivity index (χ0) is 14.5. The molecule has 2 rings (SSSR count). The van der Waals surface area contributed by atoms with E-state index < -0.39 is 0 Å². The van der Waals surface area contributed by atoms with Crippen LogP contribution in [0.2, 0.25) is 0 Å². The van der Waals surface area contributed by atoms with Crippen LogP contribution in [0.15, 0.2) is 35.2 Å². The van der Waals surface area contributed by atoms with Gasteiger partial charge < -0.3 is 20.7 Å². The second-order valence-electron chi connectivity index (χ2n) is 4.09. The Morgan fingerprint density at radius 2 is 1.95 bits per heavy atom. The molecule has 0 spiro atoms. The van der Waals surface area contributed by atoms with Crippen molar-refractivity contribution < 1.29 is 14.9 Å². The van der Waals surface area contributed by atoms with Crippen molar-refractivity contribution in [1.82, 2.24) is 4.57 Å². The summed E-state index contributed by atoms with van der Waals surface area (Å²) in [6.07, 6.45) is 0. The Morgan fingerprint density at radius 1 is 1.25 bits per heavy atom. The molecule has 6 heteroatoms. The first-order valence-electron chi connectivity index (χ1n) is 6.37. The largest absolute Gasteiger partial charge is 0.494 e. The third kappa shape index (κ3) is 3.02. The van der Waals surface area contributed by atoms with Crippen LogP contribution >= 0.6 is 11.8 Å². The highest BCUT2D eigenvalue weighted by atomic mass is 32.2. The molecule has 4 N–H and O–H groups in total. The maximum absolute atomic E-state index is 10.2. The van der Waals surface area contributed by atoms with Crippen LogP contribution in [0.3, 0.4) is 0 Å². The topological polar surface area (TPSA) is 80.6 Å². The lowest BCUT2D eigenvalue weighted by Crippen LogP contribution is -2.00. The number of nitrogens with zero attached hydrogens (tertiary/aromatic N) is 1. The third-order valence-electron chi connectivity index (χ3n) is 2.70. The van der Waals surface area contributed by atoms with Crippen molar-refractivity contribution in [1.29, 1.82) is 0 Å². The number of ether oxygens (including phenoxy) is 1. The molecule has 0 atom stereocenters. The van der Waals surface area contributed by atoms with E-state index in [1.165, 1.54) is 22.4 Å². The number of aromatic hydroxyl groups is 2. The molecular formula is C14H18N2O3S. The predicted octanol–water partition coefficient (Wildman–Crippen LogP) is 2.34. The molecule has 1 aromatic heterocycles. The summed E-state index contributed by atoms with van der Waals surface area (Å²) in [5.74, 6) is 1.44. The van der Waals surface area contributed by atoms with Crippen molar-refractivity contribution in [2.75, 3.05) is 18.9 Å². The highest BCUT2D eigenvalue weighted by molar-refractivity contribution is 7.99. The minimum Gasteiger partial charge on any atom is -0.494 e. The van der Waals surface area contributed by atoms with Crippen molar-refractivity contribution in [3.63, 3.8) is 0 Å². The van der Waals surface area contributed by atoms with E-state index in [0.29, 0.717) is 29.5 Å². The van der Waals surface area contributed by atoms with Crippen LogP contribution < -0.4 is 10.5 Å². The van der Waals surface area contributed by atoms with E-state index in [4.69, 9.17) is 10.5 Å². The number of hydrogen-bond acceptors (Lipinski definition) is 5. The summed E-state index contributed by atoms with van der Waals surface area (Å²) in [6.45, 7) is 3.02. The van der Waals surface area contributed by atoms with Gasteiger partial charge in [0.15, 0.2) is 5.88 Å². The number of nitrogens with two attached hydrogens (primary N) is 1. The first-order valence-corrected chi connectivity index (χ1v) is 7.35. The van der Waals surface area contributed by atoms with Crippen molar-refractivity contribution >= 4 is 11.8 Å². The van der Waals surface area contributed by atoms with Gasteiger partial charge in [-0.2, -0.15) is 0 Å². The van der Waals surface area contributed by atoms with Gasteiger partial charge in [0.05, 0.1) is 17.2 Å². The Bertz CT molecular complexity index is 567. The van der Waals surface area contributed by atoms with Crippen LogP contribution in [-0.2, 0) is 0 Å². The molecule has 20 heavy (non-hydrogen) atoms. The maximum atomic E-state index is 10.2. The number of hydrogen-bond donors (Lipinski definition) is 3. The lowest BCUT2D eigenvalue weighted by Gasteiger charge is -2.08. The molecule has 0 saturated carbocycles. The Labute approximate surface area is 122 Å². The van der Waals surface area contributed by atoms with Gasteiger partial charge >= 0.3 is 0 Å². The van der Waals surface area contributed by atoms with E-state index in [-0.39, 0.29) is 11.8 Å². The molecule has 0 bridgehead atoms. The van der Waals surface area contributed by atoms with E-state index in [9.17, 15) is 10.2 Å². The standard InChI is InChI=1S/C14H18N2O3S/c1-2-19-11-5-3-10(4-6-11)16-13(17)9-12(14(16)18)20-8-7-15/h3-6,9,17-18H,2,7-8,15H2,1H3. The van der Waals surface area contributed by atoms with Gasteiger partial charge in [0.2, 0.25) is 5.88 Å². The predicted molar refractivity (Wildman–Crippen MR) is 80.0 cm³/mol. The van der Waals surface area contributed by atoms with Crippen molar-refractivity contribution in [3.8, 4) is 23.2 Å². The van der Waals surface area contributed by atoms with E-state index >= 15 is 0 Å². The van der Waals surface area contributed by atoms with Crippen molar-refractivity contribution in [2.24, 2.45) is 5.73 Å². The fourth-order valence-electron chi connectivity index (χ4n) is 1.85. The summed E-state index contributed by atoms with van der Waals surface area (Å²) < 4.78 is 6.75. The smallest absolute Gasteiger partial charge is 0.212 e. The van der Waals surface area contributed by atoms with Crippen LogP contribution in [-0.4, -0.2) is 33.7 Å². The molecular weight excluding hydrogens is 276 g/mol. The second kappa shape index (κ2) is 6.58. The quantitative estimate of drug-likeness (QED) is 0.713. The summed E-state index contributed by atoms with van der Waals surface area (Å²) >= 11 is 1.41.